The molecule has 1 unspecified atom stereocenters. The van der Waals surface area contributed by atoms with E-state index in [0.717, 1.165) is 0 Å². The average Bonchev–Trinajstić information content (AvgIpc) is 2.48. The van der Waals surface area contributed by atoms with E-state index in [-0.39, 0.29) is 12.2 Å². The molecular weight excluding hydrogens is 358 g/mol. The summed E-state index contributed by atoms with van der Waals surface area (Å²) in [5, 5.41) is 11.4. The van der Waals surface area contributed by atoms with Crippen LogP contribution in [0.1, 0.15) is 17.3 Å². The average molecular weight is 376 g/mol. The molecule has 0 fully saturated rings. The number of rotatable bonds is 8. The van der Waals surface area contributed by atoms with Crippen LogP contribution in [0.15, 0.2) is 16.6 Å². The number of halogens is 1. The van der Waals surface area contributed by atoms with Crippen molar-refractivity contribution in [2.45, 2.75) is 13.0 Å². The van der Waals surface area contributed by atoms with Crippen LogP contribution in [-0.4, -0.2) is 50.5 Å². The molecule has 1 amide bonds. The molecule has 1 rings (SSSR count). The van der Waals surface area contributed by atoms with E-state index in [1.165, 1.54) is 26.4 Å². The summed E-state index contributed by atoms with van der Waals surface area (Å²) in [5.41, 5.74) is 0.245. The number of methoxy groups -OCH3 is 2. The second-order valence-corrected chi connectivity index (χ2v) is 5.10. The van der Waals surface area contributed by atoms with E-state index in [4.69, 9.17) is 19.3 Å². The summed E-state index contributed by atoms with van der Waals surface area (Å²) >= 11 is 3.31. The van der Waals surface area contributed by atoms with Crippen LogP contribution in [-0.2, 0) is 9.53 Å². The first kappa shape index (κ1) is 18.2. The molecule has 0 saturated heterocycles. The Morgan fingerprint density at radius 1 is 1.36 bits per heavy atom. The van der Waals surface area contributed by atoms with Crippen LogP contribution in [0.5, 0.6) is 11.5 Å². The van der Waals surface area contributed by atoms with Crippen LogP contribution in [0.3, 0.4) is 0 Å². The lowest BCUT2D eigenvalue weighted by molar-refractivity contribution is -0.140. The Hall–Kier alpha value is -1.80. The Morgan fingerprint density at radius 3 is 2.55 bits per heavy atom. The van der Waals surface area contributed by atoms with Crippen molar-refractivity contribution in [2.24, 2.45) is 0 Å². The SMILES string of the molecule is CCOc1c(Br)cc(C(=O)NC(COC)C(=O)O)cc1OC. The van der Waals surface area contributed by atoms with Crippen LogP contribution in [0, 0.1) is 0 Å². The molecule has 0 saturated carbocycles. The normalized spacial score (nSPS) is 11.6. The Labute approximate surface area is 136 Å². The third-order valence-electron chi connectivity index (χ3n) is 2.72. The van der Waals surface area contributed by atoms with Gasteiger partial charge in [-0.2, -0.15) is 0 Å². The Balaban J connectivity index is 3.03. The maximum atomic E-state index is 12.2. The molecule has 122 valence electrons. The molecule has 8 heteroatoms. The fourth-order valence-electron chi connectivity index (χ4n) is 1.72. The highest BCUT2D eigenvalue weighted by atomic mass is 79.9. The Morgan fingerprint density at radius 2 is 2.05 bits per heavy atom. The minimum absolute atomic E-state index is 0.129. The molecular formula is C14H18BrNO6. The first-order chi connectivity index (χ1) is 10.4. The number of benzene rings is 1. The van der Waals surface area contributed by atoms with E-state index in [1.807, 2.05) is 6.92 Å². The molecule has 0 aromatic heterocycles. The minimum atomic E-state index is -1.17. The fourth-order valence-corrected chi connectivity index (χ4v) is 2.27. The third kappa shape index (κ3) is 4.60. The molecule has 1 atom stereocenters. The van der Waals surface area contributed by atoms with Gasteiger partial charge >= 0.3 is 5.97 Å². The largest absolute Gasteiger partial charge is 0.493 e. The predicted molar refractivity (Wildman–Crippen MR) is 82.6 cm³/mol. The summed E-state index contributed by atoms with van der Waals surface area (Å²) in [4.78, 5) is 23.2. The van der Waals surface area contributed by atoms with Gasteiger partial charge < -0.3 is 24.6 Å². The Bertz CT molecular complexity index is 548. The number of amides is 1. The molecule has 1 aromatic carbocycles. The van der Waals surface area contributed by atoms with Crippen molar-refractivity contribution in [1.82, 2.24) is 5.32 Å². The highest BCUT2D eigenvalue weighted by Crippen LogP contribution is 2.36. The third-order valence-corrected chi connectivity index (χ3v) is 3.31. The molecule has 22 heavy (non-hydrogen) atoms. The summed E-state index contributed by atoms with van der Waals surface area (Å²) in [6, 6.07) is 1.89. The van der Waals surface area contributed by atoms with E-state index in [0.29, 0.717) is 22.6 Å². The first-order valence-electron chi connectivity index (χ1n) is 6.47. The highest BCUT2D eigenvalue weighted by Gasteiger charge is 2.22. The summed E-state index contributed by atoms with van der Waals surface area (Å²) in [5.74, 6) is -0.869. The number of carboxylic acids is 1. The van der Waals surface area contributed by atoms with Crippen molar-refractivity contribution < 1.29 is 28.9 Å². The molecule has 0 aliphatic carbocycles. The van der Waals surface area contributed by atoms with Crippen LogP contribution < -0.4 is 14.8 Å². The van der Waals surface area contributed by atoms with E-state index < -0.39 is 17.9 Å². The number of hydrogen-bond donors (Lipinski definition) is 2. The molecule has 0 aliphatic rings. The number of carboxylic acid groups (broad SMARTS) is 1. The highest BCUT2D eigenvalue weighted by molar-refractivity contribution is 9.10. The summed E-state index contributed by atoms with van der Waals surface area (Å²) < 4.78 is 15.9. The van der Waals surface area contributed by atoms with Crippen molar-refractivity contribution in [2.75, 3.05) is 27.4 Å². The van der Waals surface area contributed by atoms with Gasteiger partial charge in [-0.15, -0.1) is 0 Å². The van der Waals surface area contributed by atoms with E-state index in [2.05, 4.69) is 21.2 Å². The van der Waals surface area contributed by atoms with Gasteiger partial charge in [0.25, 0.3) is 5.91 Å². The standard InChI is InChI=1S/C14H18BrNO6/c1-4-22-12-9(15)5-8(6-11(12)21-3)13(17)16-10(7-20-2)14(18)19/h5-6,10H,4,7H2,1-3H3,(H,16,17)(H,18,19). The second kappa shape index (κ2) is 8.60. The van der Waals surface area contributed by atoms with Crippen LogP contribution in [0.2, 0.25) is 0 Å². The number of nitrogens with one attached hydrogen (secondary N) is 1. The van der Waals surface area contributed by atoms with Gasteiger partial charge in [-0.05, 0) is 35.0 Å². The number of carbonyl (C=O) groups excluding carboxylic acids is 1. The van der Waals surface area contributed by atoms with Crippen molar-refractivity contribution in [3.63, 3.8) is 0 Å². The fraction of sp³-hybridized carbons (Fsp3) is 0.429. The predicted octanol–water partition coefficient (Wildman–Crippen LogP) is 1.69. The molecule has 2 N–H and O–H groups in total. The van der Waals surface area contributed by atoms with Gasteiger partial charge in [-0.3, -0.25) is 4.79 Å². The maximum Gasteiger partial charge on any atom is 0.328 e. The zero-order chi connectivity index (χ0) is 16.7. The molecule has 0 heterocycles. The Kier molecular flexibility index (Phi) is 7.13. The van der Waals surface area contributed by atoms with Crippen LogP contribution >= 0.6 is 15.9 Å². The van der Waals surface area contributed by atoms with E-state index in [9.17, 15) is 9.59 Å². The number of ether oxygens (including phenoxy) is 3. The van der Waals surface area contributed by atoms with Gasteiger partial charge in [-0.25, -0.2) is 4.79 Å². The van der Waals surface area contributed by atoms with Gasteiger partial charge in [0.2, 0.25) is 0 Å². The second-order valence-electron chi connectivity index (χ2n) is 4.24. The van der Waals surface area contributed by atoms with Crippen molar-refractivity contribution in [3.8, 4) is 11.5 Å². The molecule has 1 aromatic rings. The summed E-state index contributed by atoms with van der Waals surface area (Å²) in [7, 11) is 2.82. The van der Waals surface area contributed by atoms with Crippen molar-refractivity contribution >= 4 is 27.8 Å². The van der Waals surface area contributed by atoms with E-state index >= 15 is 0 Å². The lowest BCUT2D eigenvalue weighted by atomic mass is 10.1. The van der Waals surface area contributed by atoms with Crippen molar-refractivity contribution in [1.29, 1.82) is 0 Å². The van der Waals surface area contributed by atoms with Crippen LogP contribution in [0.25, 0.3) is 0 Å². The topological polar surface area (TPSA) is 94.1 Å². The molecule has 0 spiro atoms. The minimum Gasteiger partial charge on any atom is -0.493 e. The number of aliphatic carboxylic acids is 1. The van der Waals surface area contributed by atoms with Gasteiger partial charge in [0, 0.05) is 12.7 Å². The van der Waals surface area contributed by atoms with Gasteiger partial charge in [-0.1, -0.05) is 0 Å². The lowest BCUT2D eigenvalue weighted by Crippen LogP contribution is -2.43. The monoisotopic (exact) mass is 375 g/mol. The molecule has 0 radical (unpaired) electrons. The zero-order valence-electron chi connectivity index (χ0n) is 12.5. The van der Waals surface area contributed by atoms with E-state index in [1.54, 1.807) is 0 Å². The molecule has 7 nitrogen and oxygen atoms in total. The smallest absolute Gasteiger partial charge is 0.328 e. The number of carbonyl (C=O) groups is 2. The zero-order valence-corrected chi connectivity index (χ0v) is 14.1. The maximum absolute atomic E-state index is 12.2. The molecule has 0 aliphatic heterocycles. The summed E-state index contributed by atoms with van der Waals surface area (Å²) in [6.45, 7) is 2.14. The van der Waals surface area contributed by atoms with Gasteiger partial charge in [0.1, 0.15) is 0 Å². The van der Waals surface area contributed by atoms with Crippen molar-refractivity contribution in [3.05, 3.63) is 22.2 Å². The van der Waals surface area contributed by atoms with Gasteiger partial charge in [0.15, 0.2) is 17.5 Å². The van der Waals surface area contributed by atoms with Crippen LogP contribution in [0.4, 0.5) is 0 Å². The quantitative estimate of drug-likeness (QED) is 0.717. The lowest BCUT2D eigenvalue weighted by Gasteiger charge is -2.16. The first-order valence-corrected chi connectivity index (χ1v) is 7.26. The number of hydrogen-bond acceptors (Lipinski definition) is 5. The summed E-state index contributed by atoms with van der Waals surface area (Å²) in [6.07, 6.45) is 0. The van der Waals surface area contributed by atoms with Gasteiger partial charge in [0.05, 0.1) is 24.8 Å². The molecule has 0 bridgehead atoms.